The van der Waals surface area contributed by atoms with Gasteiger partial charge in [0.25, 0.3) is 5.91 Å². The van der Waals surface area contributed by atoms with Crippen molar-refractivity contribution in [3.8, 4) is 0 Å². The Bertz CT molecular complexity index is 360. The summed E-state index contributed by atoms with van der Waals surface area (Å²) in [7, 11) is 0. The van der Waals surface area contributed by atoms with E-state index in [9.17, 15) is 4.79 Å². The first-order valence-corrected chi connectivity index (χ1v) is 4.47. The molecule has 0 atom stereocenters. The summed E-state index contributed by atoms with van der Waals surface area (Å²) in [4.78, 5) is 18.3. The van der Waals surface area contributed by atoms with Crippen LogP contribution in [0.5, 0.6) is 0 Å². The molecule has 1 amide bonds. The molecule has 0 unspecified atom stereocenters. The number of nitrogens with zero attached hydrogens (tertiary/aromatic N) is 1. The van der Waals surface area contributed by atoms with E-state index in [1.54, 1.807) is 12.4 Å². The van der Waals surface area contributed by atoms with E-state index in [1.165, 1.54) is 0 Å². The molecule has 1 aromatic rings. The van der Waals surface area contributed by atoms with Crippen LogP contribution in [0.3, 0.4) is 0 Å². The first-order chi connectivity index (χ1) is 6.77. The number of aromatic amines is 1. The average Bonchev–Trinajstić information content (AvgIpc) is 2.53. The molecule has 1 aliphatic rings. The fourth-order valence-electron chi connectivity index (χ4n) is 1.21. The second-order valence-corrected chi connectivity index (χ2v) is 3.22. The Morgan fingerprint density at radius 3 is 2.86 bits per heavy atom. The zero-order valence-electron chi connectivity index (χ0n) is 7.92. The summed E-state index contributed by atoms with van der Waals surface area (Å²) in [6.07, 6.45) is 3.27. The summed E-state index contributed by atoms with van der Waals surface area (Å²) in [5.74, 6) is 0.402. The highest BCUT2D eigenvalue weighted by atomic mass is 16.1. The molecule has 2 rings (SSSR count). The van der Waals surface area contributed by atoms with Crippen molar-refractivity contribution in [2.75, 3.05) is 18.4 Å². The van der Waals surface area contributed by atoms with Crippen molar-refractivity contribution in [1.29, 1.82) is 0 Å². The molecule has 1 aliphatic heterocycles. The molecule has 0 aromatic carbocycles. The monoisotopic (exact) mass is 192 g/mol. The van der Waals surface area contributed by atoms with Crippen LogP contribution in [0.25, 0.3) is 0 Å². The summed E-state index contributed by atoms with van der Waals surface area (Å²) in [6, 6.07) is 0. The Labute approximate surface area is 81.6 Å². The van der Waals surface area contributed by atoms with E-state index in [0.29, 0.717) is 5.95 Å². The van der Waals surface area contributed by atoms with E-state index in [2.05, 4.69) is 20.6 Å². The highest BCUT2D eigenvalue weighted by Crippen LogP contribution is 2.10. The first-order valence-electron chi connectivity index (χ1n) is 4.47. The second kappa shape index (κ2) is 3.63. The zero-order valence-corrected chi connectivity index (χ0v) is 7.92. The molecule has 1 saturated heterocycles. The SMILES string of the molecule is CC(C(=O)Nc1ncc[nH]1)=C1CNC1. The van der Waals surface area contributed by atoms with Gasteiger partial charge in [0.05, 0.1) is 0 Å². The van der Waals surface area contributed by atoms with Crippen LogP contribution in [0.2, 0.25) is 0 Å². The maximum Gasteiger partial charge on any atom is 0.253 e. The summed E-state index contributed by atoms with van der Waals surface area (Å²) in [5.41, 5.74) is 1.94. The second-order valence-electron chi connectivity index (χ2n) is 3.22. The number of H-pyrrole nitrogens is 1. The lowest BCUT2D eigenvalue weighted by Crippen LogP contribution is -2.36. The van der Waals surface area contributed by atoms with E-state index < -0.39 is 0 Å². The van der Waals surface area contributed by atoms with Crippen molar-refractivity contribution >= 4 is 11.9 Å². The van der Waals surface area contributed by atoms with Gasteiger partial charge in [0.15, 0.2) is 0 Å². The van der Waals surface area contributed by atoms with Crippen molar-refractivity contribution < 1.29 is 4.79 Å². The molecule has 0 radical (unpaired) electrons. The van der Waals surface area contributed by atoms with E-state index in [1.807, 2.05) is 6.92 Å². The van der Waals surface area contributed by atoms with E-state index in [-0.39, 0.29) is 5.91 Å². The van der Waals surface area contributed by atoms with Gasteiger partial charge in [-0.05, 0) is 12.5 Å². The highest BCUT2D eigenvalue weighted by molar-refractivity contribution is 6.03. The molecule has 1 aromatic heterocycles. The van der Waals surface area contributed by atoms with Crippen molar-refractivity contribution in [2.45, 2.75) is 6.92 Å². The highest BCUT2D eigenvalue weighted by Gasteiger charge is 2.16. The molecule has 1 fully saturated rings. The van der Waals surface area contributed by atoms with E-state index >= 15 is 0 Å². The van der Waals surface area contributed by atoms with Crippen LogP contribution in [-0.2, 0) is 4.79 Å². The van der Waals surface area contributed by atoms with Crippen molar-refractivity contribution in [2.24, 2.45) is 0 Å². The molecule has 0 bridgehead atoms. The van der Waals surface area contributed by atoms with Gasteiger partial charge < -0.3 is 10.3 Å². The maximum absolute atomic E-state index is 11.6. The number of nitrogens with one attached hydrogen (secondary N) is 3. The first kappa shape index (κ1) is 8.96. The van der Waals surface area contributed by atoms with E-state index in [0.717, 1.165) is 24.2 Å². The Morgan fingerprint density at radius 1 is 1.57 bits per heavy atom. The number of carbonyl (C=O) groups excluding carboxylic acids is 1. The lowest BCUT2D eigenvalue weighted by molar-refractivity contribution is -0.112. The normalized spacial score (nSPS) is 14.8. The Morgan fingerprint density at radius 2 is 2.36 bits per heavy atom. The van der Waals surface area contributed by atoms with Gasteiger partial charge in [-0.15, -0.1) is 0 Å². The van der Waals surface area contributed by atoms with Gasteiger partial charge in [0.2, 0.25) is 5.95 Å². The molecule has 0 aliphatic carbocycles. The third kappa shape index (κ3) is 1.67. The van der Waals surface area contributed by atoms with Gasteiger partial charge in [-0.2, -0.15) is 0 Å². The summed E-state index contributed by atoms with van der Waals surface area (Å²) in [6.45, 7) is 3.46. The van der Waals surface area contributed by atoms with Crippen molar-refractivity contribution in [3.63, 3.8) is 0 Å². The zero-order chi connectivity index (χ0) is 9.97. The molecule has 2 heterocycles. The van der Waals surface area contributed by atoms with Gasteiger partial charge in [-0.25, -0.2) is 4.98 Å². The van der Waals surface area contributed by atoms with Crippen LogP contribution in [0.4, 0.5) is 5.95 Å². The molecule has 74 valence electrons. The Hall–Kier alpha value is -1.62. The number of amides is 1. The molecule has 5 nitrogen and oxygen atoms in total. The molecule has 5 heteroatoms. The van der Waals surface area contributed by atoms with Crippen LogP contribution in [-0.4, -0.2) is 29.0 Å². The van der Waals surface area contributed by atoms with E-state index in [4.69, 9.17) is 0 Å². The smallest absolute Gasteiger partial charge is 0.253 e. The van der Waals surface area contributed by atoms with Crippen LogP contribution in [0.1, 0.15) is 6.92 Å². The van der Waals surface area contributed by atoms with Gasteiger partial charge in [0, 0.05) is 31.1 Å². The Balaban J connectivity index is 2.02. The van der Waals surface area contributed by atoms with Crippen LogP contribution in [0.15, 0.2) is 23.5 Å². The molecule has 0 spiro atoms. The lowest BCUT2D eigenvalue weighted by Gasteiger charge is -2.21. The molecular formula is C9H12N4O. The number of rotatable bonds is 2. The van der Waals surface area contributed by atoms with Crippen LogP contribution < -0.4 is 10.6 Å². The standard InChI is InChI=1S/C9H12N4O/c1-6(7-4-10-5-7)8(14)13-9-11-2-3-12-9/h2-3,10H,4-5H2,1H3,(H2,11,12,13,14). The maximum atomic E-state index is 11.6. The predicted molar refractivity (Wildman–Crippen MR) is 52.8 cm³/mol. The molecule has 14 heavy (non-hydrogen) atoms. The predicted octanol–water partition coefficient (Wildman–Crippen LogP) is 0.268. The fraction of sp³-hybridized carbons (Fsp3) is 0.333. The van der Waals surface area contributed by atoms with Gasteiger partial charge in [0.1, 0.15) is 0 Å². The summed E-state index contributed by atoms with van der Waals surface area (Å²) >= 11 is 0. The fourth-order valence-corrected chi connectivity index (χ4v) is 1.21. The Kier molecular flexibility index (Phi) is 2.32. The molecule has 0 saturated carbocycles. The minimum Gasteiger partial charge on any atom is -0.331 e. The van der Waals surface area contributed by atoms with Crippen molar-refractivity contribution in [3.05, 3.63) is 23.5 Å². The van der Waals surface area contributed by atoms with Crippen LogP contribution in [0, 0.1) is 0 Å². The third-order valence-corrected chi connectivity index (χ3v) is 2.28. The number of anilines is 1. The number of hydrogen-bond acceptors (Lipinski definition) is 3. The number of imidazole rings is 1. The third-order valence-electron chi connectivity index (χ3n) is 2.28. The minimum absolute atomic E-state index is 0.0866. The summed E-state index contributed by atoms with van der Waals surface area (Å²) < 4.78 is 0. The molecular weight excluding hydrogens is 180 g/mol. The molecule has 3 N–H and O–H groups in total. The quantitative estimate of drug-likeness (QED) is 0.589. The average molecular weight is 192 g/mol. The van der Waals surface area contributed by atoms with Gasteiger partial charge >= 0.3 is 0 Å². The lowest BCUT2D eigenvalue weighted by atomic mass is 10.0. The number of hydrogen-bond donors (Lipinski definition) is 3. The number of aromatic nitrogens is 2. The topological polar surface area (TPSA) is 69.8 Å². The number of carbonyl (C=O) groups is 1. The van der Waals surface area contributed by atoms with Crippen LogP contribution >= 0.6 is 0 Å². The minimum atomic E-state index is -0.0866. The van der Waals surface area contributed by atoms with Gasteiger partial charge in [-0.1, -0.05) is 0 Å². The summed E-state index contributed by atoms with van der Waals surface area (Å²) in [5, 5.41) is 5.77. The van der Waals surface area contributed by atoms with Crippen molar-refractivity contribution in [1.82, 2.24) is 15.3 Å². The van der Waals surface area contributed by atoms with Gasteiger partial charge in [-0.3, -0.25) is 10.1 Å². The largest absolute Gasteiger partial charge is 0.331 e.